The number of imide groups is 1. The maximum Gasteiger partial charge on any atom is 0.251 e. The standard InChI is InChI=1S/C11H14BrN5O2/c1-13-11-14-5-6(12)9(16-11)15-7-3-4-8(18)17(2)10(7)19/h5,7H,3-4H2,1-2H3,(H2,13,14,15,16). The van der Waals surface area contributed by atoms with Gasteiger partial charge in [-0.3, -0.25) is 14.5 Å². The summed E-state index contributed by atoms with van der Waals surface area (Å²) in [4.78, 5) is 32.8. The van der Waals surface area contributed by atoms with Crippen LogP contribution in [0.15, 0.2) is 10.7 Å². The Morgan fingerprint density at radius 3 is 2.89 bits per heavy atom. The molecule has 2 rings (SSSR count). The monoisotopic (exact) mass is 327 g/mol. The molecular formula is C11H14BrN5O2. The Morgan fingerprint density at radius 1 is 1.47 bits per heavy atom. The molecule has 1 atom stereocenters. The molecule has 0 radical (unpaired) electrons. The maximum absolute atomic E-state index is 12.0. The van der Waals surface area contributed by atoms with Crippen LogP contribution in [0, 0.1) is 0 Å². The minimum atomic E-state index is -0.446. The number of hydrogen-bond acceptors (Lipinski definition) is 6. The number of likely N-dealkylation sites (N-methyl/N-ethyl adjacent to an activating group) is 1. The van der Waals surface area contributed by atoms with Crippen molar-refractivity contribution in [2.75, 3.05) is 24.7 Å². The van der Waals surface area contributed by atoms with Gasteiger partial charge in [0.2, 0.25) is 11.9 Å². The van der Waals surface area contributed by atoms with Crippen LogP contribution in [0.5, 0.6) is 0 Å². The molecule has 0 spiro atoms. The molecule has 7 nitrogen and oxygen atoms in total. The van der Waals surface area contributed by atoms with Gasteiger partial charge in [0.25, 0.3) is 5.91 Å². The summed E-state index contributed by atoms with van der Waals surface area (Å²) in [6.45, 7) is 0. The fourth-order valence-electron chi connectivity index (χ4n) is 1.80. The Morgan fingerprint density at radius 2 is 2.21 bits per heavy atom. The Kier molecular flexibility index (Phi) is 3.98. The van der Waals surface area contributed by atoms with Gasteiger partial charge < -0.3 is 10.6 Å². The van der Waals surface area contributed by atoms with E-state index in [9.17, 15) is 9.59 Å². The van der Waals surface area contributed by atoms with Crippen molar-refractivity contribution >= 4 is 39.5 Å². The molecule has 8 heteroatoms. The second kappa shape index (κ2) is 5.52. The molecule has 1 aromatic rings. The zero-order chi connectivity index (χ0) is 14.0. The van der Waals surface area contributed by atoms with Gasteiger partial charge in [0.05, 0.1) is 4.47 Å². The molecule has 2 amide bonds. The number of aromatic nitrogens is 2. The average molecular weight is 328 g/mol. The largest absolute Gasteiger partial charge is 0.357 e. The van der Waals surface area contributed by atoms with E-state index in [1.807, 2.05) is 0 Å². The van der Waals surface area contributed by atoms with Crippen molar-refractivity contribution < 1.29 is 9.59 Å². The van der Waals surface area contributed by atoms with E-state index in [1.165, 1.54) is 7.05 Å². The van der Waals surface area contributed by atoms with Crippen LogP contribution in [-0.4, -0.2) is 46.8 Å². The molecule has 1 aromatic heterocycles. The van der Waals surface area contributed by atoms with E-state index in [0.29, 0.717) is 29.1 Å². The zero-order valence-electron chi connectivity index (χ0n) is 10.6. The summed E-state index contributed by atoms with van der Waals surface area (Å²) in [5, 5.41) is 5.87. The van der Waals surface area contributed by atoms with Crippen molar-refractivity contribution in [1.82, 2.24) is 14.9 Å². The number of hydrogen-bond donors (Lipinski definition) is 2. The quantitative estimate of drug-likeness (QED) is 0.800. The van der Waals surface area contributed by atoms with Gasteiger partial charge in [0, 0.05) is 26.7 Å². The minimum Gasteiger partial charge on any atom is -0.357 e. The predicted octanol–water partition coefficient (Wildman–Crippen LogP) is 0.840. The van der Waals surface area contributed by atoms with Crippen molar-refractivity contribution in [3.63, 3.8) is 0 Å². The van der Waals surface area contributed by atoms with Gasteiger partial charge in [0.15, 0.2) is 0 Å². The summed E-state index contributed by atoms with van der Waals surface area (Å²) < 4.78 is 0.666. The lowest BCUT2D eigenvalue weighted by atomic mass is 10.0. The average Bonchev–Trinajstić information content (AvgIpc) is 2.41. The Balaban J connectivity index is 2.17. The van der Waals surface area contributed by atoms with E-state index in [0.717, 1.165) is 4.90 Å². The van der Waals surface area contributed by atoms with Crippen LogP contribution in [0.3, 0.4) is 0 Å². The molecule has 1 unspecified atom stereocenters. The number of amides is 2. The van der Waals surface area contributed by atoms with Crippen molar-refractivity contribution in [2.45, 2.75) is 18.9 Å². The lowest BCUT2D eigenvalue weighted by Gasteiger charge is -2.28. The Bertz CT molecular complexity index is 522. The van der Waals surface area contributed by atoms with Crippen molar-refractivity contribution in [2.24, 2.45) is 0 Å². The SMILES string of the molecule is CNc1ncc(Br)c(NC2CCC(=O)N(C)C2=O)n1. The number of carbonyl (C=O) groups is 2. The Labute approximate surface area is 118 Å². The molecule has 1 aliphatic heterocycles. The highest BCUT2D eigenvalue weighted by Gasteiger charge is 2.32. The van der Waals surface area contributed by atoms with Crippen LogP contribution in [-0.2, 0) is 9.59 Å². The number of carbonyl (C=O) groups excluding carboxylic acids is 2. The molecule has 1 aliphatic rings. The van der Waals surface area contributed by atoms with Gasteiger partial charge >= 0.3 is 0 Å². The highest BCUT2D eigenvalue weighted by atomic mass is 79.9. The summed E-state index contributed by atoms with van der Waals surface area (Å²) in [7, 11) is 3.21. The van der Waals surface area contributed by atoms with E-state index in [-0.39, 0.29) is 11.8 Å². The Hall–Kier alpha value is -1.70. The van der Waals surface area contributed by atoms with Crippen molar-refractivity contribution in [3.8, 4) is 0 Å². The molecule has 2 N–H and O–H groups in total. The second-order valence-electron chi connectivity index (χ2n) is 4.17. The lowest BCUT2D eigenvalue weighted by Crippen LogP contribution is -2.48. The number of nitrogens with one attached hydrogen (secondary N) is 2. The van der Waals surface area contributed by atoms with Crippen LogP contribution < -0.4 is 10.6 Å². The van der Waals surface area contributed by atoms with Crippen LogP contribution >= 0.6 is 15.9 Å². The molecule has 2 heterocycles. The van der Waals surface area contributed by atoms with E-state index < -0.39 is 6.04 Å². The van der Waals surface area contributed by atoms with Gasteiger partial charge in [-0.1, -0.05) is 0 Å². The molecule has 0 aromatic carbocycles. The molecule has 0 saturated carbocycles. The number of halogens is 1. The first-order valence-corrected chi connectivity index (χ1v) is 6.59. The van der Waals surface area contributed by atoms with Crippen LogP contribution in [0.1, 0.15) is 12.8 Å². The molecule has 0 bridgehead atoms. The third-order valence-corrected chi connectivity index (χ3v) is 3.51. The second-order valence-corrected chi connectivity index (χ2v) is 5.02. The van der Waals surface area contributed by atoms with Crippen molar-refractivity contribution in [1.29, 1.82) is 0 Å². The maximum atomic E-state index is 12.0. The van der Waals surface area contributed by atoms with E-state index in [4.69, 9.17) is 0 Å². The van der Waals surface area contributed by atoms with Crippen LogP contribution in [0.2, 0.25) is 0 Å². The summed E-state index contributed by atoms with van der Waals surface area (Å²) in [5.74, 6) is 0.590. The first-order valence-electron chi connectivity index (χ1n) is 5.80. The highest BCUT2D eigenvalue weighted by molar-refractivity contribution is 9.10. The third-order valence-electron chi connectivity index (χ3n) is 2.93. The summed E-state index contributed by atoms with van der Waals surface area (Å²) in [5.41, 5.74) is 0. The number of rotatable bonds is 3. The summed E-state index contributed by atoms with van der Waals surface area (Å²) in [6, 6.07) is -0.446. The topological polar surface area (TPSA) is 87.2 Å². The predicted molar refractivity (Wildman–Crippen MR) is 73.7 cm³/mol. The van der Waals surface area contributed by atoms with Gasteiger partial charge in [-0.15, -0.1) is 0 Å². The van der Waals surface area contributed by atoms with Gasteiger partial charge in [0.1, 0.15) is 11.9 Å². The van der Waals surface area contributed by atoms with E-state index >= 15 is 0 Å². The molecule has 0 aliphatic carbocycles. The smallest absolute Gasteiger partial charge is 0.251 e. The van der Waals surface area contributed by atoms with Crippen molar-refractivity contribution in [3.05, 3.63) is 10.7 Å². The van der Waals surface area contributed by atoms with Gasteiger partial charge in [-0.2, -0.15) is 4.98 Å². The van der Waals surface area contributed by atoms with E-state index in [2.05, 4.69) is 36.5 Å². The molecule has 1 fully saturated rings. The summed E-state index contributed by atoms with van der Waals surface area (Å²) in [6.07, 6.45) is 2.41. The third kappa shape index (κ3) is 2.83. The normalized spacial score (nSPS) is 19.5. The molecule has 102 valence electrons. The minimum absolute atomic E-state index is 0.152. The summed E-state index contributed by atoms with van der Waals surface area (Å²) >= 11 is 3.33. The first kappa shape index (κ1) is 13.7. The number of piperidine rings is 1. The van der Waals surface area contributed by atoms with Crippen LogP contribution in [0.4, 0.5) is 11.8 Å². The lowest BCUT2D eigenvalue weighted by molar-refractivity contribution is -0.146. The number of anilines is 2. The zero-order valence-corrected chi connectivity index (χ0v) is 12.2. The number of likely N-dealkylation sites (tertiary alicyclic amines) is 1. The molecular weight excluding hydrogens is 314 g/mol. The number of nitrogens with zero attached hydrogens (tertiary/aromatic N) is 3. The fraction of sp³-hybridized carbons (Fsp3) is 0.455. The van der Waals surface area contributed by atoms with Crippen LogP contribution in [0.25, 0.3) is 0 Å². The van der Waals surface area contributed by atoms with E-state index in [1.54, 1.807) is 13.2 Å². The fourth-order valence-corrected chi connectivity index (χ4v) is 2.11. The molecule has 19 heavy (non-hydrogen) atoms. The van der Waals surface area contributed by atoms with Gasteiger partial charge in [-0.25, -0.2) is 4.98 Å². The first-order chi connectivity index (χ1) is 9.02. The molecule has 1 saturated heterocycles. The van der Waals surface area contributed by atoms with Gasteiger partial charge in [-0.05, 0) is 22.4 Å². The highest BCUT2D eigenvalue weighted by Crippen LogP contribution is 2.23.